The van der Waals surface area contributed by atoms with Crippen LogP contribution in [0.1, 0.15) is 6.42 Å². The van der Waals surface area contributed by atoms with Gasteiger partial charge < -0.3 is 11.1 Å². The molecule has 2 aromatic rings. The van der Waals surface area contributed by atoms with Gasteiger partial charge in [-0.25, -0.2) is 9.48 Å². The molecule has 1 amide bonds. The average molecular weight is 261 g/mol. The Hall–Kier alpha value is -2.57. The van der Waals surface area contributed by atoms with Crippen LogP contribution in [0.15, 0.2) is 35.4 Å². The zero-order valence-corrected chi connectivity index (χ0v) is 10.5. The van der Waals surface area contributed by atoms with Crippen LogP contribution in [0.5, 0.6) is 0 Å². The summed E-state index contributed by atoms with van der Waals surface area (Å²) in [7, 11) is 1.61. The van der Waals surface area contributed by atoms with Crippen LogP contribution in [0.25, 0.3) is 0 Å². The van der Waals surface area contributed by atoms with Gasteiger partial charge in [0.05, 0.1) is 6.54 Å². The molecule has 0 radical (unpaired) electrons. The van der Waals surface area contributed by atoms with E-state index in [0.29, 0.717) is 11.4 Å². The summed E-state index contributed by atoms with van der Waals surface area (Å²) in [6.45, 7) is 0.250. The minimum atomic E-state index is -0.236. The monoisotopic (exact) mass is 261 g/mol. The first-order valence-electron chi connectivity index (χ1n) is 5.80. The summed E-state index contributed by atoms with van der Waals surface area (Å²) in [6.07, 6.45) is 1.60. The fraction of sp³-hybridized carbons (Fsp3) is 0.250. The van der Waals surface area contributed by atoms with Gasteiger partial charge in [0.1, 0.15) is 6.33 Å². The molecule has 0 fully saturated rings. The molecular formula is C12H15N5O2. The smallest absolute Gasteiger partial charge is 0.345 e. The van der Waals surface area contributed by atoms with E-state index in [2.05, 4.69) is 10.4 Å². The van der Waals surface area contributed by atoms with Crippen LogP contribution in [0.2, 0.25) is 0 Å². The third kappa shape index (κ3) is 3.21. The topological polar surface area (TPSA) is 94.9 Å². The van der Waals surface area contributed by atoms with E-state index in [1.807, 2.05) is 0 Å². The van der Waals surface area contributed by atoms with Crippen molar-refractivity contribution >= 4 is 17.3 Å². The third-order valence-electron chi connectivity index (χ3n) is 2.63. The molecule has 0 saturated carbocycles. The van der Waals surface area contributed by atoms with Crippen molar-refractivity contribution in [3.8, 4) is 0 Å². The SMILES string of the molecule is Cn1cnn(CCC(=O)Nc2ccc(N)cc2)c1=O. The van der Waals surface area contributed by atoms with Crippen LogP contribution in [0, 0.1) is 0 Å². The number of carbonyl (C=O) groups excluding carboxylic acids is 1. The van der Waals surface area contributed by atoms with E-state index in [4.69, 9.17) is 5.73 Å². The van der Waals surface area contributed by atoms with Crippen LogP contribution >= 0.6 is 0 Å². The third-order valence-corrected chi connectivity index (χ3v) is 2.63. The normalized spacial score (nSPS) is 10.4. The number of aromatic nitrogens is 3. The van der Waals surface area contributed by atoms with Gasteiger partial charge in [-0.1, -0.05) is 0 Å². The molecule has 7 heteroatoms. The summed E-state index contributed by atoms with van der Waals surface area (Å²) >= 11 is 0. The molecule has 0 aliphatic carbocycles. The lowest BCUT2D eigenvalue weighted by Crippen LogP contribution is -2.25. The lowest BCUT2D eigenvalue weighted by Gasteiger charge is -2.05. The number of nitrogens with one attached hydrogen (secondary N) is 1. The number of carbonyl (C=O) groups is 1. The van der Waals surface area contributed by atoms with Crippen LogP contribution < -0.4 is 16.7 Å². The molecule has 2 rings (SSSR count). The summed E-state index contributed by atoms with van der Waals surface area (Å²) < 4.78 is 2.61. The maximum atomic E-state index is 11.7. The molecule has 0 bridgehead atoms. The van der Waals surface area contributed by atoms with Gasteiger partial charge in [0, 0.05) is 24.8 Å². The number of nitrogens with zero attached hydrogens (tertiary/aromatic N) is 3. The predicted molar refractivity (Wildman–Crippen MR) is 71.6 cm³/mol. The number of rotatable bonds is 4. The Morgan fingerprint density at radius 1 is 1.37 bits per heavy atom. The van der Waals surface area contributed by atoms with Crippen molar-refractivity contribution < 1.29 is 4.79 Å². The Morgan fingerprint density at radius 3 is 2.63 bits per heavy atom. The first kappa shape index (κ1) is 12.9. The number of hydrogen-bond donors (Lipinski definition) is 2. The molecule has 1 heterocycles. The minimum Gasteiger partial charge on any atom is -0.399 e. The molecule has 1 aromatic carbocycles. The van der Waals surface area contributed by atoms with E-state index in [9.17, 15) is 9.59 Å². The highest BCUT2D eigenvalue weighted by atomic mass is 16.2. The number of hydrogen-bond acceptors (Lipinski definition) is 4. The number of anilines is 2. The van der Waals surface area contributed by atoms with Gasteiger partial charge in [0.15, 0.2) is 0 Å². The van der Waals surface area contributed by atoms with Crippen LogP contribution in [0.3, 0.4) is 0 Å². The first-order valence-corrected chi connectivity index (χ1v) is 5.80. The second-order valence-corrected chi connectivity index (χ2v) is 4.17. The molecule has 0 spiro atoms. The van der Waals surface area contributed by atoms with E-state index < -0.39 is 0 Å². The van der Waals surface area contributed by atoms with Crippen molar-refractivity contribution in [2.24, 2.45) is 7.05 Å². The molecule has 0 aliphatic heterocycles. The van der Waals surface area contributed by atoms with Gasteiger partial charge in [-0.2, -0.15) is 5.10 Å². The summed E-state index contributed by atoms with van der Waals surface area (Å²) in [4.78, 5) is 23.2. The molecule has 1 aromatic heterocycles. The van der Waals surface area contributed by atoms with Crippen molar-refractivity contribution in [3.63, 3.8) is 0 Å². The fourth-order valence-electron chi connectivity index (χ4n) is 1.57. The number of benzene rings is 1. The van der Waals surface area contributed by atoms with Crippen molar-refractivity contribution in [1.29, 1.82) is 0 Å². The van der Waals surface area contributed by atoms with Gasteiger partial charge in [-0.15, -0.1) is 0 Å². The van der Waals surface area contributed by atoms with Gasteiger partial charge >= 0.3 is 5.69 Å². The van der Waals surface area contributed by atoms with E-state index in [1.165, 1.54) is 15.6 Å². The van der Waals surface area contributed by atoms with Crippen LogP contribution in [-0.2, 0) is 18.4 Å². The largest absolute Gasteiger partial charge is 0.399 e. The standard InChI is InChI=1S/C12H15N5O2/c1-16-8-14-17(12(16)19)7-6-11(18)15-10-4-2-9(13)3-5-10/h2-5,8H,6-7,13H2,1H3,(H,15,18). The summed E-state index contributed by atoms with van der Waals surface area (Å²) in [5.41, 5.74) is 6.62. The maximum absolute atomic E-state index is 11.7. The highest BCUT2D eigenvalue weighted by Gasteiger charge is 2.06. The maximum Gasteiger partial charge on any atom is 0.345 e. The molecule has 19 heavy (non-hydrogen) atoms. The Bertz CT molecular complexity index is 626. The fourth-order valence-corrected chi connectivity index (χ4v) is 1.57. The van der Waals surface area contributed by atoms with E-state index in [0.717, 1.165) is 0 Å². The van der Waals surface area contributed by atoms with Crippen molar-refractivity contribution in [3.05, 3.63) is 41.1 Å². The minimum absolute atomic E-state index is 0.178. The molecule has 0 aliphatic rings. The first-order chi connectivity index (χ1) is 9.06. The number of nitrogens with two attached hydrogens (primary N) is 1. The lowest BCUT2D eigenvalue weighted by molar-refractivity contribution is -0.116. The lowest BCUT2D eigenvalue weighted by atomic mass is 10.3. The zero-order chi connectivity index (χ0) is 13.8. The predicted octanol–water partition coefficient (Wildman–Crippen LogP) is 0.193. The van der Waals surface area contributed by atoms with E-state index in [-0.39, 0.29) is 24.6 Å². The van der Waals surface area contributed by atoms with Crippen molar-refractivity contribution in [2.75, 3.05) is 11.1 Å². The van der Waals surface area contributed by atoms with Crippen molar-refractivity contribution in [2.45, 2.75) is 13.0 Å². The van der Waals surface area contributed by atoms with Gasteiger partial charge in [0.2, 0.25) is 5.91 Å². The zero-order valence-electron chi connectivity index (χ0n) is 10.5. The molecular weight excluding hydrogens is 246 g/mol. The number of aryl methyl sites for hydroxylation is 2. The molecule has 100 valence electrons. The number of amides is 1. The summed E-state index contributed by atoms with van der Waals surface area (Å²) in [6, 6.07) is 6.86. The molecule has 7 nitrogen and oxygen atoms in total. The van der Waals surface area contributed by atoms with Gasteiger partial charge in [0.25, 0.3) is 0 Å². The molecule has 0 saturated heterocycles. The van der Waals surface area contributed by atoms with E-state index in [1.54, 1.807) is 31.3 Å². The Balaban J connectivity index is 1.90. The molecule has 3 N–H and O–H groups in total. The second-order valence-electron chi connectivity index (χ2n) is 4.17. The molecule has 0 unspecified atom stereocenters. The molecule has 0 atom stereocenters. The van der Waals surface area contributed by atoms with Crippen LogP contribution in [0.4, 0.5) is 11.4 Å². The Labute approximate surface area is 109 Å². The average Bonchev–Trinajstić information content (AvgIpc) is 2.70. The summed E-state index contributed by atoms with van der Waals surface area (Å²) in [5.74, 6) is -0.178. The van der Waals surface area contributed by atoms with E-state index >= 15 is 0 Å². The number of nitrogen functional groups attached to an aromatic ring is 1. The quantitative estimate of drug-likeness (QED) is 0.768. The van der Waals surface area contributed by atoms with Gasteiger partial charge in [-0.3, -0.25) is 9.36 Å². The van der Waals surface area contributed by atoms with Crippen molar-refractivity contribution in [1.82, 2.24) is 14.3 Å². The summed E-state index contributed by atoms with van der Waals surface area (Å²) in [5, 5.41) is 6.60. The highest BCUT2D eigenvalue weighted by Crippen LogP contribution is 2.10. The second kappa shape index (κ2) is 5.38. The Kier molecular flexibility index (Phi) is 3.65. The Morgan fingerprint density at radius 2 is 2.05 bits per heavy atom. The highest BCUT2D eigenvalue weighted by molar-refractivity contribution is 5.90. The van der Waals surface area contributed by atoms with Crippen LogP contribution in [-0.4, -0.2) is 20.3 Å². The van der Waals surface area contributed by atoms with Gasteiger partial charge in [-0.05, 0) is 24.3 Å².